The summed E-state index contributed by atoms with van der Waals surface area (Å²) in [5, 5.41) is 0.721. The van der Waals surface area contributed by atoms with Crippen LogP contribution >= 0.6 is 11.6 Å². The van der Waals surface area contributed by atoms with Gasteiger partial charge < -0.3 is 15.2 Å². The molecule has 106 valence electrons. The molecule has 1 unspecified atom stereocenters. The maximum Gasteiger partial charge on any atom is 0.161 e. The van der Waals surface area contributed by atoms with E-state index in [1.807, 2.05) is 43.3 Å². The van der Waals surface area contributed by atoms with Crippen LogP contribution < -0.4 is 15.2 Å². The Morgan fingerprint density at radius 2 is 1.55 bits per heavy atom. The summed E-state index contributed by atoms with van der Waals surface area (Å²) in [6, 6.07) is 11.3. The molecule has 0 spiro atoms. The molecule has 2 rings (SSSR count). The van der Waals surface area contributed by atoms with E-state index in [9.17, 15) is 0 Å². The number of rotatable bonds is 4. The van der Waals surface area contributed by atoms with Gasteiger partial charge in [-0.2, -0.15) is 0 Å². The molecule has 2 aromatic rings. The van der Waals surface area contributed by atoms with Crippen LogP contribution in [-0.2, 0) is 0 Å². The van der Waals surface area contributed by atoms with Crippen LogP contribution in [0.15, 0.2) is 36.4 Å². The van der Waals surface area contributed by atoms with E-state index >= 15 is 0 Å². The molecule has 2 aromatic carbocycles. The molecule has 0 aromatic heterocycles. The highest BCUT2D eigenvalue weighted by Crippen LogP contribution is 2.32. The fourth-order valence-corrected chi connectivity index (χ4v) is 2.23. The summed E-state index contributed by atoms with van der Waals surface area (Å²) < 4.78 is 10.5. The van der Waals surface area contributed by atoms with Crippen LogP contribution in [0, 0.1) is 6.92 Å². The van der Waals surface area contributed by atoms with E-state index in [4.69, 9.17) is 26.8 Å². The Balaban J connectivity index is 2.37. The van der Waals surface area contributed by atoms with Crippen LogP contribution in [0.2, 0.25) is 5.02 Å². The van der Waals surface area contributed by atoms with Crippen molar-refractivity contribution in [1.82, 2.24) is 0 Å². The minimum atomic E-state index is -0.257. The fourth-order valence-electron chi connectivity index (χ4n) is 2.04. The molecule has 3 nitrogen and oxygen atoms in total. The Bertz CT molecular complexity index is 613. The van der Waals surface area contributed by atoms with E-state index in [1.54, 1.807) is 14.2 Å². The molecule has 0 heterocycles. The van der Waals surface area contributed by atoms with E-state index in [2.05, 4.69) is 0 Å². The van der Waals surface area contributed by atoms with E-state index < -0.39 is 0 Å². The van der Waals surface area contributed by atoms with Gasteiger partial charge in [0.2, 0.25) is 0 Å². The Kier molecular flexibility index (Phi) is 4.53. The van der Waals surface area contributed by atoms with Crippen molar-refractivity contribution < 1.29 is 9.47 Å². The predicted octanol–water partition coefficient (Wildman–Crippen LogP) is 3.71. The molecule has 2 N–H and O–H groups in total. The Hall–Kier alpha value is -1.71. The molecule has 1 atom stereocenters. The average Bonchev–Trinajstić information content (AvgIpc) is 2.48. The lowest BCUT2D eigenvalue weighted by Gasteiger charge is -2.16. The maximum atomic E-state index is 6.30. The summed E-state index contributed by atoms with van der Waals surface area (Å²) in [4.78, 5) is 0. The van der Waals surface area contributed by atoms with Gasteiger partial charge in [0.15, 0.2) is 11.5 Å². The first kappa shape index (κ1) is 14.7. The lowest BCUT2D eigenvalue weighted by Crippen LogP contribution is -2.12. The molecule has 20 heavy (non-hydrogen) atoms. The van der Waals surface area contributed by atoms with Crippen LogP contribution in [0.25, 0.3) is 0 Å². The van der Waals surface area contributed by atoms with Crippen LogP contribution in [0.3, 0.4) is 0 Å². The monoisotopic (exact) mass is 291 g/mol. The number of ether oxygens (including phenoxy) is 2. The predicted molar refractivity (Wildman–Crippen MR) is 81.8 cm³/mol. The second-order valence-corrected chi connectivity index (χ2v) is 5.01. The molecule has 0 amide bonds. The summed E-state index contributed by atoms with van der Waals surface area (Å²) in [5.41, 5.74) is 9.24. The van der Waals surface area contributed by atoms with Gasteiger partial charge in [0.1, 0.15) is 0 Å². The number of hydrogen-bond donors (Lipinski definition) is 1. The number of methoxy groups -OCH3 is 2. The van der Waals surface area contributed by atoms with Gasteiger partial charge in [-0.1, -0.05) is 29.8 Å². The molecule has 0 saturated heterocycles. The normalized spacial score (nSPS) is 12.1. The third-order valence-corrected chi connectivity index (χ3v) is 3.73. The molecule has 4 heteroatoms. The van der Waals surface area contributed by atoms with Gasteiger partial charge in [-0.15, -0.1) is 0 Å². The van der Waals surface area contributed by atoms with Crippen molar-refractivity contribution >= 4 is 11.6 Å². The van der Waals surface area contributed by atoms with Crippen molar-refractivity contribution in [2.75, 3.05) is 14.2 Å². The Labute approximate surface area is 124 Å². The Morgan fingerprint density at radius 3 is 2.15 bits per heavy atom. The van der Waals surface area contributed by atoms with Crippen molar-refractivity contribution in [3.63, 3.8) is 0 Å². The Morgan fingerprint density at radius 1 is 0.950 bits per heavy atom. The first-order valence-electron chi connectivity index (χ1n) is 6.30. The van der Waals surface area contributed by atoms with Gasteiger partial charge in [-0.25, -0.2) is 0 Å². The zero-order chi connectivity index (χ0) is 14.7. The minimum Gasteiger partial charge on any atom is -0.493 e. The largest absolute Gasteiger partial charge is 0.493 e. The zero-order valence-electron chi connectivity index (χ0n) is 11.8. The van der Waals surface area contributed by atoms with Crippen LogP contribution in [0.1, 0.15) is 22.7 Å². The van der Waals surface area contributed by atoms with Gasteiger partial charge >= 0.3 is 0 Å². The summed E-state index contributed by atoms with van der Waals surface area (Å²) in [7, 11) is 3.22. The molecule has 0 aliphatic carbocycles. The first-order valence-corrected chi connectivity index (χ1v) is 6.68. The standard InChI is InChI=1S/C16H18ClNO2/c1-10-4-5-11(8-13(10)17)16(18)12-6-7-14(19-2)15(9-12)20-3/h4-9,16H,18H2,1-3H3. The number of hydrogen-bond acceptors (Lipinski definition) is 3. The summed E-state index contributed by atoms with van der Waals surface area (Å²) in [6.45, 7) is 1.97. The zero-order valence-corrected chi connectivity index (χ0v) is 12.6. The summed E-state index contributed by atoms with van der Waals surface area (Å²) in [6.07, 6.45) is 0. The lowest BCUT2D eigenvalue weighted by atomic mass is 9.98. The topological polar surface area (TPSA) is 44.5 Å². The summed E-state index contributed by atoms with van der Waals surface area (Å²) in [5.74, 6) is 1.35. The first-order chi connectivity index (χ1) is 9.56. The number of aryl methyl sites for hydroxylation is 1. The average molecular weight is 292 g/mol. The van der Waals surface area contributed by atoms with Crippen LogP contribution in [0.4, 0.5) is 0 Å². The lowest BCUT2D eigenvalue weighted by molar-refractivity contribution is 0.354. The van der Waals surface area contributed by atoms with Crippen molar-refractivity contribution in [2.45, 2.75) is 13.0 Å². The van der Waals surface area contributed by atoms with Gasteiger partial charge in [0, 0.05) is 5.02 Å². The van der Waals surface area contributed by atoms with Gasteiger partial charge in [0.05, 0.1) is 20.3 Å². The molecule has 0 bridgehead atoms. The van der Waals surface area contributed by atoms with E-state index in [-0.39, 0.29) is 6.04 Å². The maximum absolute atomic E-state index is 6.30. The molecular formula is C16H18ClNO2. The van der Waals surface area contributed by atoms with Crippen molar-refractivity contribution in [3.8, 4) is 11.5 Å². The van der Waals surface area contributed by atoms with E-state index in [1.165, 1.54) is 0 Å². The molecule has 0 saturated carbocycles. The smallest absolute Gasteiger partial charge is 0.161 e. The van der Waals surface area contributed by atoms with Crippen LogP contribution in [-0.4, -0.2) is 14.2 Å². The minimum absolute atomic E-state index is 0.257. The highest BCUT2D eigenvalue weighted by atomic mass is 35.5. The van der Waals surface area contributed by atoms with Crippen molar-refractivity contribution in [2.24, 2.45) is 5.73 Å². The molecule has 0 fully saturated rings. The van der Waals surface area contributed by atoms with Gasteiger partial charge in [0.25, 0.3) is 0 Å². The highest BCUT2D eigenvalue weighted by Gasteiger charge is 2.13. The van der Waals surface area contributed by atoms with Gasteiger partial charge in [-0.05, 0) is 41.8 Å². The van der Waals surface area contributed by atoms with Crippen molar-refractivity contribution in [1.29, 1.82) is 0 Å². The molecule has 0 radical (unpaired) electrons. The summed E-state index contributed by atoms with van der Waals surface area (Å²) >= 11 is 6.15. The van der Waals surface area contributed by atoms with E-state index in [0.29, 0.717) is 11.5 Å². The third-order valence-electron chi connectivity index (χ3n) is 3.32. The number of nitrogens with two attached hydrogens (primary N) is 1. The SMILES string of the molecule is COc1ccc(C(N)c2ccc(C)c(Cl)c2)cc1OC. The van der Waals surface area contributed by atoms with E-state index in [0.717, 1.165) is 21.7 Å². The highest BCUT2D eigenvalue weighted by molar-refractivity contribution is 6.31. The van der Waals surface area contributed by atoms with Gasteiger partial charge in [-0.3, -0.25) is 0 Å². The molecule has 0 aliphatic rings. The molecule has 0 aliphatic heterocycles. The fraction of sp³-hybridized carbons (Fsp3) is 0.250. The van der Waals surface area contributed by atoms with Crippen molar-refractivity contribution in [3.05, 3.63) is 58.1 Å². The second-order valence-electron chi connectivity index (χ2n) is 4.60. The van der Waals surface area contributed by atoms with Crippen LogP contribution in [0.5, 0.6) is 11.5 Å². The number of halogens is 1. The molecular weight excluding hydrogens is 274 g/mol. The second kappa shape index (κ2) is 6.16. The quantitative estimate of drug-likeness (QED) is 0.934. The number of benzene rings is 2. The third kappa shape index (κ3) is 2.89.